The highest BCUT2D eigenvalue weighted by atomic mass is 32.2. The summed E-state index contributed by atoms with van der Waals surface area (Å²) in [5.41, 5.74) is 1.60. The van der Waals surface area contributed by atoms with Crippen LogP contribution in [0.1, 0.15) is 18.3 Å². The van der Waals surface area contributed by atoms with E-state index in [1.54, 1.807) is 6.92 Å². The molecule has 1 amide bonds. The Kier molecular flexibility index (Phi) is 6.82. The number of benzene rings is 2. The summed E-state index contributed by atoms with van der Waals surface area (Å²) in [5, 5.41) is 11.3. The second-order valence-corrected chi connectivity index (χ2v) is 7.56. The molecule has 152 valence electrons. The number of thioether (sulfide) groups is 1. The minimum atomic E-state index is -2.89. The van der Waals surface area contributed by atoms with Crippen molar-refractivity contribution in [2.75, 3.05) is 5.32 Å². The van der Waals surface area contributed by atoms with Crippen LogP contribution < -0.4 is 10.1 Å². The smallest absolute Gasteiger partial charge is 0.387 e. The molecule has 3 aromatic rings. The Morgan fingerprint density at radius 2 is 1.83 bits per heavy atom. The Morgan fingerprint density at radius 3 is 2.48 bits per heavy atom. The summed E-state index contributed by atoms with van der Waals surface area (Å²) >= 11 is 1.30. The van der Waals surface area contributed by atoms with Gasteiger partial charge in [-0.05, 0) is 43.7 Å². The summed E-state index contributed by atoms with van der Waals surface area (Å²) in [6, 6.07) is 15.7. The van der Waals surface area contributed by atoms with Gasteiger partial charge in [0.2, 0.25) is 5.91 Å². The number of amides is 1. The van der Waals surface area contributed by atoms with Gasteiger partial charge >= 0.3 is 6.61 Å². The standard InChI is InChI=1S/C20H20F2N4O2S/c1-13(18(27)23-16-8-10-17(11-9-16)28-19(21)22)29-20-25-24-14(2)26(20)12-15-6-4-3-5-7-15/h3-11,13,19H,12H2,1-2H3,(H,23,27). The van der Waals surface area contributed by atoms with E-state index < -0.39 is 11.9 Å². The number of aryl methyl sites for hydroxylation is 1. The molecule has 0 bridgehead atoms. The maximum Gasteiger partial charge on any atom is 0.387 e. The first-order chi connectivity index (χ1) is 13.9. The fourth-order valence-electron chi connectivity index (χ4n) is 2.57. The molecule has 0 radical (unpaired) electrons. The molecule has 9 heteroatoms. The number of carbonyl (C=O) groups is 1. The number of aromatic nitrogens is 3. The van der Waals surface area contributed by atoms with Gasteiger partial charge in [0.25, 0.3) is 0 Å². The van der Waals surface area contributed by atoms with Crippen molar-refractivity contribution in [3.8, 4) is 5.75 Å². The highest BCUT2D eigenvalue weighted by Gasteiger charge is 2.19. The second-order valence-electron chi connectivity index (χ2n) is 6.25. The summed E-state index contributed by atoms with van der Waals surface area (Å²) in [6.07, 6.45) is 0. The molecule has 1 N–H and O–H groups in total. The summed E-state index contributed by atoms with van der Waals surface area (Å²) in [7, 11) is 0. The molecule has 29 heavy (non-hydrogen) atoms. The first-order valence-electron chi connectivity index (χ1n) is 8.88. The molecular weight excluding hydrogens is 398 g/mol. The van der Waals surface area contributed by atoms with Crippen LogP contribution in [0.4, 0.5) is 14.5 Å². The minimum absolute atomic E-state index is 0.0323. The minimum Gasteiger partial charge on any atom is -0.435 e. The molecule has 0 aliphatic carbocycles. The molecule has 0 aliphatic heterocycles. The molecule has 0 saturated carbocycles. The molecule has 0 saturated heterocycles. The third-order valence-electron chi connectivity index (χ3n) is 4.08. The molecule has 1 unspecified atom stereocenters. The van der Waals surface area contributed by atoms with Gasteiger partial charge in [-0.3, -0.25) is 4.79 Å². The van der Waals surface area contributed by atoms with Crippen molar-refractivity contribution in [1.29, 1.82) is 0 Å². The Hall–Kier alpha value is -2.94. The predicted molar refractivity (Wildman–Crippen MR) is 107 cm³/mol. The van der Waals surface area contributed by atoms with Gasteiger partial charge in [0, 0.05) is 5.69 Å². The molecule has 1 atom stereocenters. The number of hydrogen-bond donors (Lipinski definition) is 1. The van der Waals surface area contributed by atoms with E-state index in [4.69, 9.17) is 0 Å². The number of alkyl halides is 2. The van der Waals surface area contributed by atoms with E-state index in [-0.39, 0.29) is 11.7 Å². The molecule has 1 aromatic heterocycles. The zero-order chi connectivity index (χ0) is 20.8. The van der Waals surface area contributed by atoms with Crippen LogP contribution in [-0.4, -0.2) is 32.5 Å². The van der Waals surface area contributed by atoms with E-state index in [0.717, 1.165) is 11.4 Å². The highest BCUT2D eigenvalue weighted by molar-refractivity contribution is 8.00. The SMILES string of the molecule is Cc1nnc(SC(C)C(=O)Nc2ccc(OC(F)F)cc2)n1Cc1ccccc1. The van der Waals surface area contributed by atoms with Gasteiger partial charge in [0.1, 0.15) is 11.6 Å². The lowest BCUT2D eigenvalue weighted by molar-refractivity contribution is -0.115. The maximum atomic E-state index is 12.5. The monoisotopic (exact) mass is 418 g/mol. The third-order valence-corrected chi connectivity index (χ3v) is 5.16. The van der Waals surface area contributed by atoms with Crippen LogP contribution in [-0.2, 0) is 11.3 Å². The van der Waals surface area contributed by atoms with Crippen LogP contribution in [0.25, 0.3) is 0 Å². The Morgan fingerprint density at radius 1 is 1.14 bits per heavy atom. The number of nitrogens with zero attached hydrogens (tertiary/aromatic N) is 3. The Bertz CT molecular complexity index is 949. The molecule has 0 fully saturated rings. The molecule has 3 rings (SSSR count). The zero-order valence-corrected chi connectivity index (χ0v) is 16.7. The van der Waals surface area contributed by atoms with E-state index in [9.17, 15) is 13.6 Å². The quantitative estimate of drug-likeness (QED) is 0.551. The largest absolute Gasteiger partial charge is 0.435 e. The van der Waals surface area contributed by atoms with E-state index in [0.29, 0.717) is 17.4 Å². The average molecular weight is 418 g/mol. The number of ether oxygens (including phenoxy) is 1. The lowest BCUT2D eigenvalue weighted by Gasteiger charge is -2.13. The number of rotatable bonds is 8. The van der Waals surface area contributed by atoms with Crippen LogP contribution in [0.3, 0.4) is 0 Å². The molecule has 2 aromatic carbocycles. The molecule has 1 heterocycles. The Labute approximate surface area is 171 Å². The van der Waals surface area contributed by atoms with E-state index in [1.165, 1.54) is 36.0 Å². The van der Waals surface area contributed by atoms with Crippen molar-refractivity contribution in [2.24, 2.45) is 0 Å². The number of carbonyl (C=O) groups excluding carboxylic acids is 1. The van der Waals surface area contributed by atoms with E-state index in [1.807, 2.05) is 41.8 Å². The van der Waals surface area contributed by atoms with Crippen molar-refractivity contribution in [1.82, 2.24) is 14.8 Å². The average Bonchev–Trinajstić information content (AvgIpc) is 3.03. The van der Waals surface area contributed by atoms with Gasteiger partial charge in [-0.2, -0.15) is 8.78 Å². The highest BCUT2D eigenvalue weighted by Crippen LogP contribution is 2.25. The van der Waals surface area contributed by atoms with Gasteiger partial charge in [0.05, 0.1) is 11.8 Å². The van der Waals surface area contributed by atoms with Crippen LogP contribution in [0.5, 0.6) is 5.75 Å². The molecule has 0 aliphatic rings. The fourth-order valence-corrected chi connectivity index (χ4v) is 3.47. The van der Waals surface area contributed by atoms with Crippen LogP contribution >= 0.6 is 11.8 Å². The first kappa shape index (κ1) is 20.8. The number of hydrogen-bond acceptors (Lipinski definition) is 5. The summed E-state index contributed by atoms with van der Waals surface area (Å²) in [5.74, 6) is 0.563. The maximum absolute atomic E-state index is 12.5. The van der Waals surface area contributed by atoms with E-state index in [2.05, 4.69) is 20.3 Å². The fraction of sp³-hybridized carbons (Fsp3) is 0.250. The second kappa shape index (κ2) is 9.51. The number of nitrogens with one attached hydrogen (secondary N) is 1. The summed E-state index contributed by atoms with van der Waals surface area (Å²) < 4.78 is 30.7. The van der Waals surface area contributed by atoms with Crippen molar-refractivity contribution < 1.29 is 18.3 Å². The molecule has 6 nitrogen and oxygen atoms in total. The normalized spacial score (nSPS) is 12.0. The predicted octanol–water partition coefficient (Wildman–Crippen LogP) is 4.36. The number of anilines is 1. The van der Waals surface area contributed by atoms with Crippen molar-refractivity contribution >= 4 is 23.4 Å². The van der Waals surface area contributed by atoms with Crippen LogP contribution in [0.15, 0.2) is 59.8 Å². The van der Waals surface area contributed by atoms with Gasteiger partial charge in [0.15, 0.2) is 5.16 Å². The summed E-state index contributed by atoms with van der Waals surface area (Å²) in [6.45, 7) is 1.37. The van der Waals surface area contributed by atoms with Gasteiger partial charge < -0.3 is 14.6 Å². The Balaban J connectivity index is 1.63. The van der Waals surface area contributed by atoms with Gasteiger partial charge in [-0.1, -0.05) is 42.1 Å². The van der Waals surface area contributed by atoms with E-state index >= 15 is 0 Å². The lowest BCUT2D eigenvalue weighted by atomic mass is 10.2. The van der Waals surface area contributed by atoms with Gasteiger partial charge in [-0.15, -0.1) is 10.2 Å². The molecule has 0 spiro atoms. The van der Waals surface area contributed by atoms with Crippen LogP contribution in [0.2, 0.25) is 0 Å². The topological polar surface area (TPSA) is 69.0 Å². The molecular formula is C20H20F2N4O2S. The number of halogens is 2. The van der Waals surface area contributed by atoms with Crippen molar-refractivity contribution in [3.63, 3.8) is 0 Å². The van der Waals surface area contributed by atoms with Gasteiger partial charge in [-0.25, -0.2) is 0 Å². The van der Waals surface area contributed by atoms with Crippen molar-refractivity contribution in [3.05, 3.63) is 66.0 Å². The third kappa shape index (κ3) is 5.77. The summed E-state index contributed by atoms with van der Waals surface area (Å²) in [4.78, 5) is 12.5. The van der Waals surface area contributed by atoms with Crippen molar-refractivity contribution in [2.45, 2.75) is 37.4 Å². The zero-order valence-electron chi connectivity index (χ0n) is 15.9. The first-order valence-corrected chi connectivity index (χ1v) is 9.76. The van der Waals surface area contributed by atoms with Crippen LogP contribution in [0, 0.1) is 6.92 Å². The lowest BCUT2D eigenvalue weighted by Crippen LogP contribution is -2.23.